The highest BCUT2D eigenvalue weighted by molar-refractivity contribution is 7.99. The van der Waals surface area contributed by atoms with E-state index in [2.05, 4.69) is 51.9 Å². The highest BCUT2D eigenvalue weighted by Gasteiger charge is 2.25. The Balaban J connectivity index is 1.39. The van der Waals surface area contributed by atoms with E-state index in [0.29, 0.717) is 0 Å². The molecule has 2 aliphatic rings. The molecule has 4 rings (SSSR count). The zero-order valence-electron chi connectivity index (χ0n) is 15.1. The number of aryl methyl sites for hydroxylation is 1. The van der Waals surface area contributed by atoms with Crippen LogP contribution in [0.1, 0.15) is 24.2 Å². The first-order valence-electron chi connectivity index (χ1n) is 9.48. The number of nitrogens with zero attached hydrogens (tertiary/aromatic N) is 2. The predicted molar refractivity (Wildman–Crippen MR) is 106 cm³/mol. The van der Waals surface area contributed by atoms with E-state index in [0.717, 1.165) is 24.1 Å². The summed E-state index contributed by atoms with van der Waals surface area (Å²) in [5.41, 5.74) is 2.61. The van der Waals surface area contributed by atoms with Crippen LogP contribution < -0.4 is 0 Å². The summed E-state index contributed by atoms with van der Waals surface area (Å²) in [5, 5.41) is 0. The highest BCUT2D eigenvalue weighted by atomic mass is 32.2. The minimum Gasteiger partial charge on any atom is -0.461 e. The van der Waals surface area contributed by atoms with E-state index in [9.17, 15) is 0 Å². The first-order chi connectivity index (χ1) is 12.3. The van der Waals surface area contributed by atoms with Gasteiger partial charge in [0, 0.05) is 44.3 Å². The molecule has 0 saturated carbocycles. The van der Waals surface area contributed by atoms with E-state index in [-0.39, 0.29) is 0 Å². The summed E-state index contributed by atoms with van der Waals surface area (Å²) in [7, 11) is 0. The fourth-order valence-electron chi connectivity index (χ4n) is 4.06. The summed E-state index contributed by atoms with van der Waals surface area (Å²) in [6.45, 7) is 7.82. The fraction of sp³-hybridized carbons (Fsp3) is 0.524. The molecule has 2 saturated heterocycles. The van der Waals surface area contributed by atoms with Crippen LogP contribution in [-0.4, -0.2) is 53.5 Å². The Bertz CT molecular complexity index is 685. The van der Waals surface area contributed by atoms with Crippen LogP contribution in [-0.2, 0) is 6.54 Å². The Hall–Kier alpha value is -1.23. The third kappa shape index (κ3) is 4.13. The molecule has 2 fully saturated rings. The number of furan rings is 1. The van der Waals surface area contributed by atoms with Crippen molar-refractivity contribution in [2.45, 2.75) is 32.4 Å². The molecule has 0 aliphatic carbocycles. The van der Waals surface area contributed by atoms with Crippen LogP contribution in [0.5, 0.6) is 0 Å². The summed E-state index contributed by atoms with van der Waals surface area (Å²) in [6.07, 6.45) is 2.76. The lowest BCUT2D eigenvalue weighted by Crippen LogP contribution is -2.50. The number of benzene rings is 1. The quantitative estimate of drug-likeness (QED) is 0.815. The molecule has 2 aromatic rings. The van der Waals surface area contributed by atoms with Crippen molar-refractivity contribution in [2.24, 2.45) is 0 Å². The minimum atomic E-state index is 0.835. The van der Waals surface area contributed by atoms with Crippen molar-refractivity contribution in [3.05, 3.63) is 47.7 Å². The van der Waals surface area contributed by atoms with E-state index in [1.165, 1.54) is 61.7 Å². The molecule has 0 amide bonds. The first kappa shape index (κ1) is 17.2. The van der Waals surface area contributed by atoms with Crippen molar-refractivity contribution in [3.8, 4) is 11.3 Å². The lowest BCUT2D eigenvalue weighted by Gasteiger charge is -2.40. The van der Waals surface area contributed by atoms with Crippen molar-refractivity contribution < 1.29 is 4.42 Å². The second kappa shape index (κ2) is 7.98. The maximum atomic E-state index is 5.87. The Kier molecular flexibility index (Phi) is 5.49. The van der Waals surface area contributed by atoms with Crippen LogP contribution in [0.2, 0.25) is 0 Å². The smallest absolute Gasteiger partial charge is 0.134 e. The Morgan fingerprint density at radius 2 is 1.76 bits per heavy atom. The van der Waals surface area contributed by atoms with E-state index in [1.807, 2.05) is 13.0 Å². The van der Waals surface area contributed by atoms with Gasteiger partial charge in [-0.3, -0.25) is 9.80 Å². The molecule has 3 heterocycles. The monoisotopic (exact) mass is 356 g/mol. The van der Waals surface area contributed by atoms with Gasteiger partial charge in [0.05, 0.1) is 0 Å². The van der Waals surface area contributed by atoms with E-state index < -0.39 is 0 Å². The van der Waals surface area contributed by atoms with E-state index in [4.69, 9.17) is 4.42 Å². The second-order valence-corrected chi connectivity index (χ2v) is 8.45. The second-order valence-electron chi connectivity index (χ2n) is 7.22. The standard InChI is InChI=1S/C21H28N2OS/c1-17-6-7-21(24-17)20-5-3-2-4-18(20)16-22-10-12-23(13-11-22)19-8-14-25-15-9-19/h2-7,19H,8-16H2,1H3. The Labute approximate surface area is 155 Å². The van der Waals surface area contributed by atoms with Crippen LogP contribution in [0, 0.1) is 6.92 Å². The molecular weight excluding hydrogens is 328 g/mol. The van der Waals surface area contributed by atoms with Gasteiger partial charge in [0.15, 0.2) is 0 Å². The van der Waals surface area contributed by atoms with Gasteiger partial charge in [-0.15, -0.1) is 0 Å². The molecule has 0 spiro atoms. The molecule has 3 nitrogen and oxygen atoms in total. The summed E-state index contributed by atoms with van der Waals surface area (Å²) < 4.78 is 5.87. The first-order valence-corrected chi connectivity index (χ1v) is 10.6. The SMILES string of the molecule is Cc1ccc(-c2ccccc2CN2CCN(C3CCSCC3)CC2)o1. The average Bonchev–Trinajstić information content (AvgIpc) is 3.10. The van der Waals surface area contributed by atoms with Gasteiger partial charge in [-0.1, -0.05) is 24.3 Å². The van der Waals surface area contributed by atoms with E-state index in [1.54, 1.807) is 0 Å². The summed E-state index contributed by atoms with van der Waals surface area (Å²) >= 11 is 2.12. The van der Waals surface area contributed by atoms with Gasteiger partial charge in [-0.05, 0) is 49.0 Å². The molecule has 0 bridgehead atoms. The largest absolute Gasteiger partial charge is 0.461 e. The summed E-state index contributed by atoms with van der Waals surface area (Å²) in [6, 6.07) is 13.7. The number of rotatable bonds is 4. The van der Waals surface area contributed by atoms with Gasteiger partial charge in [-0.2, -0.15) is 11.8 Å². The molecule has 2 aliphatic heterocycles. The molecule has 25 heavy (non-hydrogen) atoms. The maximum Gasteiger partial charge on any atom is 0.134 e. The van der Waals surface area contributed by atoms with Crippen molar-refractivity contribution in [3.63, 3.8) is 0 Å². The van der Waals surface area contributed by atoms with Gasteiger partial charge >= 0.3 is 0 Å². The van der Waals surface area contributed by atoms with Gasteiger partial charge < -0.3 is 4.42 Å². The number of hydrogen-bond donors (Lipinski definition) is 0. The average molecular weight is 357 g/mol. The van der Waals surface area contributed by atoms with Crippen LogP contribution >= 0.6 is 11.8 Å². The number of thioether (sulfide) groups is 1. The molecular formula is C21H28N2OS. The van der Waals surface area contributed by atoms with Crippen molar-refractivity contribution in [2.75, 3.05) is 37.7 Å². The maximum absolute atomic E-state index is 5.87. The molecule has 0 N–H and O–H groups in total. The zero-order chi connectivity index (χ0) is 17.1. The molecule has 1 aromatic heterocycles. The van der Waals surface area contributed by atoms with Crippen LogP contribution in [0.3, 0.4) is 0 Å². The Morgan fingerprint density at radius 1 is 1.00 bits per heavy atom. The van der Waals surface area contributed by atoms with E-state index >= 15 is 0 Å². The minimum absolute atomic E-state index is 0.835. The third-order valence-corrected chi connectivity index (χ3v) is 6.58. The zero-order valence-corrected chi connectivity index (χ0v) is 15.9. The van der Waals surface area contributed by atoms with Crippen molar-refractivity contribution >= 4 is 11.8 Å². The molecule has 4 heteroatoms. The molecule has 134 valence electrons. The molecule has 0 unspecified atom stereocenters. The highest BCUT2D eigenvalue weighted by Crippen LogP contribution is 2.27. The van der Waals surface area contributed by atoms with Gasteiger partial charge in [0.1, 0.15) is 11.5 Å². The summed E-state index contributed by atoms with van der Waals surface area (Å²) in [4.78, 5) is 5.33. The lowest BCUT2D eigenvalue weighted by atomic mass is 10.0. The van der Waals surface area contributed by atoms with Gasteiger partial charge in [-0.25, -0.2) is 0 Å². The van der Waals surface area contributed by atoms with Gasteiger partial charge in [0.2, 0.25) is 0 Å². The summed E-state index contributed by atoms with van der Waals surface area (Å²) in [5.74, 6) is 4.66. The van der Waals surface area contributed by atoms with Crippen LogP contribution in [0.15, 0.2) is 40.8 Å². The number of piperazine rings is 1. The molecule has 0 radical (unpaired) electrons. The third-order valence-electron chi connectivity index (χ3n) is 5.53. The normalized spacial score (nSPS) is 20.8. The molecule has 0 atom stereocenters. The van der Waals surface area contributed by atoms with Crippen molar-refractivity contribution in [1.82, 2.24) is 9.80 Å². The lowest BCUT2D eigenvalue weighted by molar-refractivity contribution is 0.0880. The molecule has 1 aromatic carbocycles. The van der Waals surface area contributed by atoms with Crippen molar-refractivity contribution in [1.29, 1.82) is 0 Å². The Morgan fingerprint density at radius 3 is 2.48 bits per heavy atom. The number of hydrogen-bond acceptors (Lipinski definition) is 4. The van der Waals surface area contributed by atoms with Crippen LogP contribution in [0.4, 0.5) is 0 Å². The van der Waals surface area contributed by atoms with Crippen LogP contribution in [0.25, 0.3) is 11.3 Å². The van der Waals surface area contributed by atoms with Gasteiger partial charge in [0.25, 0.3) is 0 Å². The topological polar surface area (TPSA) is 19.6 Å². The fourth-order valence-corrected chi connectivity index (χ4v) is 5.14. The predicted octanol–water partition coefficient (Wildman–Crippen LogP) is 4.27.